The number of likely N-dealkylation sites (tertiary alicyclic amines) is 1. The quantitative estimate of drug-likeness (QED) is 0.729. The van der Waals surface area contributed by atoms with Crippen molar-refractivity contribution < 1.29 is 18.4 Å². The van der Waals surface area contributed by atoms with E-state index < -0.39 is 11.8 Å². The molecule has 2 heterocycles. The highest BCUT2D eigenvalue weighted by atomic mass is 19.1. The number of carbonyl (C=O) groups excluding carboxylic acids is 1. The van der Waals surface area contributed by atoms with Crippen LogP contribution < -0.4 is 10.1 Å². The molecule has 0 radical (unpaired) electrons. The number of rotatable bonds is 4. The van der Waals surface area contributed by atoms with E-state index in [-0.39, 0.29) is 11.7 Å². The first-order valence-electron chi connectivity index (χ1n) is 8.96. The van der Waals surface area contributed by atoms with Crippen LogP contribution in [-0.4, -0.2) is 34.7 Å². The molecule has 1 atom stereocenters. The first-order valence-corrected chi connectivity index (χ1v) is 8.96. The molecule has 1 aliphatic heterocycles. The number of halogens is 1. The minimum absolute atomic E-state index is 0.140. The smallest absolute Gasteiger partial charge is 0.322 e. The van der Waals surface area contributed by atoms with Crippen LogP contribution in [0.25, 0.3) is 11.4 Å². The van der Waals surface area contributed by atoms with E-state index in [1.54, 1.807) is 24.1 Å². The molecular formula is C20H19FN4O3. The topological polar surface area (TPSA) is 80.5 Å². The highest BCUT2D eigenvalue weighted by Gasteiger charge is 2.34. The SMILES string of the molecule is COc1cccc(-c2noc(C3CCCN3C(=O)Nc3ccccc3F)n2)c1. The van der Waals surface area contributed by atoms with Gasteiger partial charge in [0.2, 0.25) is 11.7 Å². The minimum Gasteiger partial charge on any atom is -0.497 e. The lowest BCUT2D eigenvalue weighted by atomic mass is 10.2. The number of para-hydroxylation sites is 1. The Kier molecular flexibility index (Phi) is 4.92. The van der Waals surface area contributed by atoms with Crippen molar-refractivity contribution in [1.29, 1.82) is 0 Å². The van der Waals surface area contributed by atoms with Gasteiger partial charge in [-0.05, 0) is 37.1 Å². The number of nitrogens with one attached hydrogen (secondary N) is 1. The zero-order valence-corrected chi connectivity index (χ0v) is 15.3. The van der Waals surface area contributed by atoms with Gasteiger partial charge in [0.15, 0.2) is 0 Å². The van der Waals surface area contributed by atoms with Gasteiger partial charge in [0.25, 0.3) is 0 Å². The summed E-state index contributed by atoms with van der Waals surface area (Å²) in [5.41, 5.74) is 0.899. The van der Waals surface area contributed by atoms with E-state index in [0.29, 0.717) is 30.4 Å². The molecule has 0 bridgehead atoms. The molecular weight excluding hydrogens is 363 g/mol. The summed E-state index contributed by atoms with van der Waals surface area (Å²) in [6.07, 6.45) is 1.50. The van der Waals surface area contributed by atoms with Crippen molar-refractivity contribution in [3.63, 3.8) is 0 Å². The summed E-state index contributed by atoms with van der Waals surface area (Å²) in [6.45, 7) is 0.530. The molecule has 28 heavy (non-hydrogen) atoms. The van der Waals surface area contributed by atoms with Gasteiger partial charge in [0.05, 0.1) is 12.8 Å². The standard InChI is InChI=1S/C20H19FN4O3/c1-27-14-7-4-6-13(12-14)18-23-19(28-24-18)17-10-5-11-25(17)20(26)22-16-9-3-2-8-15(16)21/h2-4,6-9,12,17H,5,10-11H2,1H3,(H,22,26). The molecule has 1 N–H and O–H groups in total. The number of aromatic nitrogens is 2. The van der Waals surface area contributed by atoms with Gasteiger partial charge < -0.3 is 19.5 Å². The highest BCUT2D eigenvalue weighted by molar-refractivity contribution is 5.89. The summed E-state index contributed by atoms with van der Waals surface area (Å²) >= 11 is 0. The predicted octanol–water partition coefficient (Wildman–Crippen LogP) is 4.25. The third-order valence-electron chi connectivity index (χ3n) is 4.68. The number of ether oxygens (including phenoxy) is 1. The van der Waals surface area contributed by atoms with Crippen LogP contribution >= 0.6 is 0 Å². The number of nitrogens with zero attached hydrogens (tertiary/aromatic N) is 3. The molecule has 0 spiro atoms. The van der Waals surface area contributed by atoms with Crippen molar-refractivity contribution in [2.45, 2.75) is 18.9 Å². The Morgan fingerprint density at radius 1 is 1.29 bits per heavy atom. The van der Waals surface area contributed by atoms with E-state index in [4.69, 9.17) is 9.26 Å². The lowest BCUT2D eigenvalue weighted by Crippen LogP contribution is -2.34. The van der Waals surface area contributed by atoms with E-state index in [1.807, 2.05) is 24.3 Å². The highest BCUT2D eigenvalue weighted by Crippen LogP contribution is 2.33. The Morgan fingerprint density at radius 3 is 2.96 bits per heavy atom. The van der Waals surface area contributed by atoms with Gasteiger partial charge in [-0.3, -0.25) is 0 Å². The fraction of sp³-hybridized carbons (Fsp3) is 0.250. The number of hydrogen-bond donors (Lipinski definition) is 1. The van der Waals surface area contributed by atoms with E-state index in [9.17, 15) is 9.18 Å². The minimum atomic E-state index is -0.482. The number of benzene rings is 2. The Morgan fingerprint density at radius 2 is 2.14 bits per heavy atom. The zero-order valence-electron chi connectivity index (χ0n) is 15.3. The lowest BCUT2D eigenvalue weighted by Gasteiger charge is -2.22. The molecule has 0 saturated carbocycles. The molecule has 2 aromatic carbocycles. The molecule has 2 amide bonds. The summed E-state index contributed by atoms with van der Waals surface area (Å²) in [4.78, 5) is 18.7. The Labute approximate surface area is 161 Å². The average Bonchev–Trinajstić information content (AvgIpc) is 3.39. The molecule has 1 aliphatic rings. The molecule has 1 aromatic heterocycles. The third-order valence-corrected chi connectivity index (χ3v) is 4.68. The second-order valence-corrected chi connectivity index (χ2v) is 6.45. The van der Waals surface area contributed by atoms with Crippen LogP contribution in [0.3, 0.4) is 0 Å². The van der Waals surface area contributed by atoms with Gasteiger partial charge in [-0.2, -0.15) is 4.98 Å². The second kappa shape index (κ2) is 7.67. The van der Waals surface area contributed by atoms with Crippen molar-refractivity contribution in [2.24, 2.45) is 0 Å². The second-order valence-electron chi connectivity index (χ2n) is 6.45. The van der Waals surface area contributed by atoms with E-state index in [2.05, 4.69) is 15.5 Å². The van der Waals surface area contributed by atoms with E-state index >= 15 is 0 Å². The summed E-state index contributed by atoms with van der Waals surface area (Å²) < 4.78 is 24.5. The molecule has 0 aliphatic carbocycles. The number of carbonyl (C=O) groups is 1. The first kappa shape index (κ1) is 18.0. The van der Waals surface area contributed by atoms with Gasteiger partial charge in [-0.15, -0.1) is 0 Å². The van der Waals surface area contributed by atoms with Gasteiger partial charge >= 0.3 is 6.03 Å². The van der Waals surface area contributed by atoms with Gasteiger partial charge in [0.1, 0.15) is 17.6 Å². The van der Waals surface area contributed by atoms with Gasteiger partial charge in [0, 0.05) is 12.1 Å². The van der Waals surface area contributed by atoms with Crippen molar-refractivity contribution in [2.75, 3.05) is 19.0 Å². The van der Waals surface area contributed by atoms with Crippen molar-refractivity contribution >= 4 is 11.7 Å². The number of amides is 2. The van der Waals surface area contributed by atoms with Crippen LogP contribution in [0.5, 0.6) is 5.75 Å². The maximum Gasteiger partial charge on any atom is 0.322 e. The summed E-state index contributed by atoms with van der Waals surface area (Å²) in [5, 5.41) is 6.65. The van der Waals surface area contributed by atoms with Crippen LogP contribution in [0, 0.1) is 5.82 Å². The molecule has 1 saturated heterocycles. The molecule has 1 fully saturated rings. The van der Waals surface area contributed by atoms with Crippen molar-refractivity contribution in [3.05, 3.63) is 60.2 Å². The molecule has 1 unspecified atom stereocenters. The number of methoxy groups -OCH3 is 1. The summed E-state index contributed by atoms with van der Waals surface area (Å²) in [7, 11) is 1.59. The average molecular weight is 382 g/mol. The van der Waals surface area contributed by atoms with E-state index in [0.717, 1.165) is 12.0 Å². The first-order chi connectivity index (χ1) is 13.7. The van der Waals surface area contributed by atoms with Crippen molar-refractivity contribution in [1.82, 2.24) is 15.0 Å². The van der Waals surface area contributed by atoms with Crippen LogP contribution in [0.4, 0.5) is 14.9 Å². The van der Waals surface area contributed by atoms with Gasteiger partial charge in [-0.25, -0.2) is 9.18 Å². The van der Waals surface area contributed by atoms with Crippen LogP contribution in [0.2, 0.25) is 0 Å². The number of hydrogen-bond acceptors (Lipinski definition) is 5. The molecule has 7 nitrogen and oxygen atoms in total. The summed E-state index contributed by atoms with van der Waals surface area (Å²) in [6, 6.07) is 12.7. The Bertz CT molecular complexity index is 991. The molecule has 3 aromatic rings. The van der Waals surface area contributed by atoms with Crippen LogP contribution in [-0.2, 0) is 0 Å². The molecule has 8 heteroatoms. The Hall–Kier alpha value is -3.42. The fourth-order valence-corrected chi connectivity index (χ4v) is 3.27. The number of urea groups is 1. The van der Waals surface area contributed by atoms with Crippen molar-refractivity contribution in [3.8, 4) is 17.1 Å². The monoisotopic (exact) mass is 382 g/mol. The number of anilines is 1. The maximum absolute atomic E-state index is 13.8. The van der Waals surface area contributed by atoms with Gasteiger partial charge in [-0.1, -0.05) is 29.4 Å². The largest absolute Gasteiger partial charge is 0.497 e. The maximum atomic E-state index is 13.8. The predicted molar refractivity (Wildman–Crippen MR) is 100 cm³/mol. The van der Waals surface area contributed by atoms with Crippen LogP contribution in [0.1, 0.15) is 24.8 Å². The Balaban J connectivity index is 1.53. The lowest BCUT2D eigenvalue weighted by molar-refractivity contribution is 0.193. The normalized spacial score (nSPS) is 16.2. The zero-order chi connectivity index (χ0) is 19.5. The van der Waals surface area contributed by atoms with E-state index in [1.165, 1.54) is 12.1 Å². The summed E-state index contributed by atoms with van der Waals surface area (Å²) in [5.74, 6) is 0.995. The fourth-order valence-electron chi connectivity index (χ4n) is 3.27. The molecule has 144 valence electrons. The van der Waals surface area contributed by atoms with Crippen LogP contribution in [0.15, 0.2) is 53.1 Å². The third kappa shape index (κ3) is 3.53. The molecule has 4 rings (SSSR count).